The minimum Gasteiger partial charge on any atom is -0.387 e. The van der Waals surface area contributed by atoms with Crippen LogP contribution in [0.5, 0.6) is 0 Å². The van der Waals surface area contributed by atoms with Crippen LogP contribution in [0.15, 0.2) is 43.2 Å². The summed E-state index contributed by atoms with van der Waals surface area (Å²) in [4.78, 5) is 79.1. The van der Waals surface area contributed by atoms with E-state index in [-0.39, 0.29) is 50.4 Å². The fourth-order valence-electron chi connectivity index (χ4n) is 6.61. The number of nitrogens with two attached hydrogens (primary N) is 1. The maximum Gasteiger partial charge on any atom is 0.245 e. The Balaban J connectivity index is 0.756. The number of ether oxygens (including phenoxy) is 2. The number of piperazine rings is 1. The highest BCUT2D eigenvalue weighted by Gasteiger charge is 2.24. The number of fused-ring (bicyclic) bond motifs is 2. The molecule has 1 aliphatic heterocycles. The number of carbonyl (C=O) groups excluding carboxylic acids is 4. The number of rotatable bonds is 23. The number of unbranched alkanes of at least 4 members (excludes halogenated alkanes) is 1. The second-order valence-electron chi connectivity index (χ2n) is 14.4. The highest BCUT2D eigenvalue weighted by atomic mass is 16.5. The van der Waals surface area contributed by atoms with Gasteiger partial charge in [-0.25, -0.2) is 29.6 Å². The second kappa shape index (κ2) is 22.3. The van der Waals surface area contributed by atoms with Crippen molar-refractivity contribution in [1.82, 2.24) is 65.4 Å². The van der Waals surface area contributed by atoms with Crippen molar-refractivity contribution < 1.29 is 33.8 Å². The summed E-state index contributed by atoms with van der Waals surface area (Å²) in [5.74, 6) is 0.0286. The number of likely N-dealkylation sites (N-methyl/N-ethyl adjacent to an activating group) is 1. The van der Waals surface area contributed by atoms with E-state index in [1.54, 1.807) is 35.4 Å². The zero-order chi connectivity index (χ0) is 43.0. The Morgan fingerprint density at radius 3 is 2.43 bits per heavy atom. The molecule has 4 amide bonds. The summed E-state index contributed by atoms with van der Waals surface area (Å²) in [6.07, 6.45) is 9.98. The molecule has 5 aromatic heterocycles. The highest BCUT2D eigenvalue weighted by molar-refractivity contribution is 5.99. The Bertz CT molecular complexity index is 2220. The Kier molecular flexibility index (Phi) is 16.2. The van der Waals surface area contributed by atoms with E-state index in [0.717, 1.165) is 29.4 Å². The quantitative estimate of drug-likeness (QED) is 0.0433. The highest BCUT2D eigenvalue weighted by Crippen LogP contribution is 2.31. The number of aliphatic hydroxyl groups excluding tert-OH is 1. The number of aromatic nitrogens is 8. The van der Waals surface area contributed by atoms with Crippen LogP contribution in [0.1, 0.15) is 24.8 Å². The normalized spacial score (nSPS) is 13.0. The molecule has 1 saturated heterocycles. The molecule has 7 N–H and O–H groups in total. The van der Waals surface area contributed by atoms with Gasteiger partial charge in [0.15, 0.2) is 5.65 Å². The standard InChI is InChI=1S/C39H53N15O7/c1-51(24-33(59)52-10-12-53(13-11-52)39-46-20-27(21-47-39)19-44-32(58)25-55)23-31(57)42-8-15-61-17-16-60-14-5-30(56)41-6-2-3-9-54-38-34(36(40)48-26-49-38)35(50-54)29-18-28-4-7-43-37(28)45-22-29/h4,7,18,20-22,26,55H,2-3,5-6,8-17,19,23-25H2,1H3,(H,41,56)(H,42,57)(H,43,45)(H,44,58)(H2,40,48,49). The molecule has 1 aliphatic rings. The van der Waals surface area contributed by atoms with Crippen molar-refractivity contribution in [2.75, 3.05) is 103 Å². The van der Waals surface area contributed by atoms with Crippen LogP contribution >= 0.6 is 0 Å². The van der Waals surface area contributed by atoms with Crippen LogP contribution < -0.4 is 26.6 Å². The van der Waals surface area contributed by atoms with Crippen molar-refractivity contribution in [1.29, 1.82) is 0 Å². The van der Waals surface area contributed by atoms with E-state index in [4.69, 9.17) is 25.4 Å². The molecule has 0 aromatic carbocycles. The number of amides is 4. The minimum absolute atomic E-state index is 0.0634. The van der Waals surface area contributed by atoms with Gasteiger partial charge >= 0.3 is 0 Å². The first-order valence-electron chi connectivity index (χ1n) is 20.2. The molecular weight excluding hydrogens is 791 g/mol. The van der Waals surface area contributed by atoms with Gasteiger partial charge in [0.2, 0.25) is 29.6 Å². The molecule has 22 heteroatoms. The molecule has 0 bridgehead atoms. The molecule has 6 rings (SSSR count). The van der Waals surface area contributed by atoms with E-state index in [0.29, 0.717) is 99.7 Å². The monoisotopic (exact) mass is 843 g/mol. The SMILES string of the molecule is CN(CC(=O)NCCOCCOCCC(=O)NCCCCn1nc(-c2cnc3[nH]ccc3c2)c2c(N)ncnc21)CC(=O)N1CCN(c2ncc(CNC(=O)CO)cn2)CC1. The number of carbonyl (C=O) groups is 4. The lowest BCUT2D eigenvalue weighted by Crippen LogP contribution is -2.52. The number of aryl methyl sites for hydroxylation is 1. The number of nitrogens with zero attached hydrogens (tertiary/aromatic N) is 10. The van der Waals surface area contributed by atoms with Gasteiger partial charge in [0.05, 0.1) is 44.9 Å². The molecule has 22 nitrogen and oxygen atoms in total. The van der Waals surface area contributed by atoms with E-state index in [1.165, 1.54) is 6.33 Å². The number of nitrogens with one attached hydrogen (secondary N) is 4. The van der Waals surface area contributed by atoms with Crippen molar-refractivity contribution in [2.24, 2.45) is 0 Å². The number of anilines is 2. The Labute approximate surface area is 351 Å². The van der Waals surface area contributed by atoms with Gasteiger partial charge in [-0.15, -0.1) is 0 Å². The third-order valence-electron chi connectivity index (χ3n) is 9.82. The van der Waals surface area contributed by atoms with Gasteiger partial charge in [0, 0.05) is 100 Å². The molecule has 0 atom stereocenters. The number of hydrogen-bond donors (Lipinski definition) is 6. The predicted molar refractivity (Wildman–Crippen MR) is 224 cm³/mol. The van der Waals surface area contributed by atoms with Crippen LogP contribution in [0.25, 0.3) is 33.3 Å². The van der Waals surface area contributed by atoms with E-state index >= 15 is 0 Å². The largest absolute Gasteiger partial charge is 0.387 e. The molecule has 61 heavy (non-hydrogen) atoms. The maximum atomic E-state index is 12.9. The summed E-state index contributed by atoms with van der Waals surface area (Å²) in [5.41, 5.74) is 9.88. The lowest BCUT2D eigenvalue weighted by atomic mass is 10.1. The summed E-state index contributed by atoms with van der Waals surface area (Å²) >= 11 is 0. The van der Waals surface area contributed by atoms with Crippen molar-refractivity contribution in [2.45, 2.75) is 32.4 Å². The van der Waals surface area contributed by atoms with E-state index in [2.05, 4.69) is 45.9 Å². The third-order valence-corrected chi connectivity index (χ3v) is 9.82. The average molecular weight is 844 g/mol. The smallest absolute Gasteiger partial charge is 0.245 e. The van der Waals surface area contributed by atoms with E-state index in [1.807, 2.05) is 27.9 Å². The molecule has 0 saturated carbocycles. The molecule has 1 fully saturated rings. The molecule has 326 valence electrons. The Hall–Kier alpha value is -6.36. The number of H-pyrrole nitrogens is 1. The topological polar surface area (TPSA) is 277 Å². The van der Waals surface area contributed by atoms with Crippen LogP contribution in [0.2, 0.25) is 0 Å². The van der Waals surface area contributed by atoms with Gasteiger partial charge in [0.25, 0.3) is 0 Å². The number of hydrogen-bond acceptors (Lipinski definition) is 16. The first-order chi connectivity index (χ1) is 29.7. The molecule has 0 radical (unpaired) electrons. The van der Waals surface area contributed by atoms with Crippen molar-refractivity contribution in [3.8, 4) is 11.3 Å². The third kappa shape index (κ3) is 12.8. The van der Waals surface area contributed by atoms with Crippen molar-refractivity contribution in [3.63, 3.8) is 0 Å². The molecular formula is C39H53N15O7. The zero-order valence-corrected chi connectivity index (χ0v) is 34.2. The predicted octanol–water partition coefficient (Wildman–Crippen LogP) is -0.933. The molecule has 0 spiro atoms. The van der Waals surface area contributed by atoms with Crippen LogP contribution in [-0.4, -0.2) is 171 Å². The molecule has 5 aromatic rings. The molecule has 6 heterocycles. The van der Waals surface area contributed by atoms with Gasteiger partial charge in [-0.2, -0.15) is 5.10 Å². The lowest BCUT2D eigenvalue weighted by Gasteiger charge is -2.35. The minimum atomic E-state index is -0.577. The molecule has 0 aliphatic carbocycles. The van der Waals surface area contributed by atoms with Crippen molar-refractivity contribution >= 4 is 57.5 Å². The second-order valence-corrected chi connectivity index (χ2v) is 14.4. The first kappa shape index (κ1) is 44.2. The number of pyridine rings is 1. The average Bonchev–Trinajstić information content (AvgIpc) is 3.90. The zero-order valence-electron chi connectivity index (χ0n) is 34.2. The summed E-state index contributed by atoms with van der Waals surface area (Å²) in [5, 5.41) is 23.5. The maximum absolute atomic E-state index is 12.9. The summed E-state index contributed by atoms with van der Waals surface area (Å²) in [6.45, 7) is 4.54. The Morgan fingerprint density at radius 2 is 1.64 bits per heavy atom. The summed E-state index contributed by atoms with van der Waals surface area (Å²) in [7, 11) is 1.72. The van der Waals surface area contributed by atoms with Gasteiger partial charge in [0.1, 0.15) is 30.1 Å². The number of aromatic amines is 1. The van der Waals surface area contributed by atoms with Crippen molar-refractivity contribution in [3.05, 3.63) is 48.8 Å². The number of aliphatic hydroxyl groups is 1. The van der Waals surface area contributed by atoms with E-state index < -0.39 is 12.5 Å². The Morgan fingerprint density at radius 1 is 0.869 bits per heavy atom. The van der Waals surface area contributed by atoms with Gasteiger partial charge in [-0.3, -0.25) is 24.1 Å². The van der Waals surface area contributed by atoms with Crippen LogP contribution in [0.4, 0.5) is 11.8 Å². The lowest BCUT2D eigenvalue weighted by molar-refractivity contribution is -0.133. The van der Waals surface area contributed by atoms with E-state index in [9.17, 15) is 19.2 Å². The first-order valence-corrected chi connectivity index (χ1v) is 20.2. The number of nitrogen functional groups attached to an aromatic ring is 1. The van der Waals surface area contributed by atoms with Gasteiger partial charge < -0.3 is 51.0 Å². The van der Waals surface area contributed by atoms with Gasteiger partial charge in [-0.1, -0.05) is 0 Å². The fraction of sp³-hybridized carbons (Fsp3) is 0.487. The van der Waals surface area contributed by atoms with Crippen LogP contribution in [-0.2, 0) is 41.7 Å². The summed E-state index contributed by atoms with van der Waals surface area (Å²) < 4.78 is 12.9. The summed E-state index contributed by atoms with van der Waals surface area (Å²) in [6, 6.07) is 3.95. The van der Waals surface area contributed by atoms with Crippen LogP contribution in [0, 0.1) is 0 Å². The molecule has 0 unspecified atom stereocenters. The fourth-order valence-corrected chi connectivity index (χ4v) is 6.61. The van der Waals surface area contributed by atoms with Gasteiger partial charge in [-0.05, 0) is 32.0 Å². The van der Waals surface area contributed by atoms with Crippen LogP contribution in [0.3, 0.4) is 0 Å².